The summed E-state index contributed by atoms with van der Waals surface area (Å²) < 4.78 is 0. The molecule has 22 heavy (non-hydrogen) atoms. The molecule has 1 aliphatic rings. The van der Waals surface area contributed by atoms with E-state index < -0.39 is 5.91 Å². The minimum absolute atomic E-state index is 0.0721. The summed E-state index contributed by atoms with van der Waals surface area (Å²) in [4.78, 5) is 23.5. The van der Waals surface area contributed by atoms with Crippen molar-refractivity contribution in [2.24, 2.45) is 17.1 Å². The van der Waals surface area contributed by atoms with Gasteiger partial charge in [-0.25, -0.2) is 0 Å². The average Bonchev–Trinajstić information content (AvgIpc) is 2.46. The summed E-state index contributed by atoms with van der Waals surface area (Å²) in [5.41, 5.74) is 6.40. The number of primary amides is 1. The molecule has 0 bridgehead atoms. The molecular weight excluding hydrogens is 276 g/mol. The van der Waals surface area contributed by atoms with E-state index in [0.717, 1.165) is 19.3 Å². The normalized spacial score (nSPS) is 22.1. The average molecular weight is 302 g/mol. The van der Waals surface area contributed by atoms with Crippen LogP contribution in [0, 0.1) is 11.3 Å². The van der Waals surface area contributed by atoms with E-state index in [-0.39, 0.29) is 17.4 Å². The molecule has 1 fully saturated rings. The zero-order valence-corrected chi connectivity index (χ0v) is 13.7. The Morgan fingerprint density at radius 3 is 2.14 bits per heavy atom. The number of nitrogens with two attached hydrogens (primary N) is 1. The first kappa shape index (κ1) is 16.5. The largest absolute Gasteiger partial charge is 0.366 e. The van der Waals surface area contributed by atoms with Crippen LogP contribution in [0.1, 0.15) is 67.2 Å². The number of rotatable bonds is 3. The van der Waals surface area contributed by atoms with Crippen LogP contribution in [0.15, 0.2) is 24.3 Å². The zero-order valence-electron chi connectivity index (χ0n) is 13.7. The van der Waals surface area contributed by atoms with Gasteiger partial charge in [0.05, 0.1) is 0 Å². The summed E-state index contributed by atoms with van der Waals surface area (Å²) in [6.45, 7) is 6.72. The van der Waals surface area contributed by atoms with Crippen LogP contribution in [0.2, 0.25) is 0 Å². The van der Waals surface area contributed by atoms with Crippen LogP contribution in [0.25, 0.3) is 0 Å². The Kier molecular flexibility index (Phi) is 4.89. The van der Waals surface area contributed by atoms with Gasteiger partial charge in [-0.2, -0.15) is 0 Å². The van der Waals surface area contributed by atoms with Crippen LogP contribution in [0.5, 0.6) is 0 Å². The number of hydrogen-bond acceptors (Lipinski definition) is 2. The van der Waals surface area contributed by atoms with Crippen molar-refractivity contribution >= 4 is 11.8 Å². The fraction of sp³-hybridized carbons (Fsp3) is 0.556. The first-order valence-corrected chi connectivity index (χ1v) is 8.00. The van der Waals surface area contributed by atoms with Gasteiger partial charge in [-0.05, 0) is 48.4 Å². The number of amides is 2. The Labute approximate surface area is 132 Å². The van der Waals surface area contributed by atoms with Crippen molar-refractivity contribution in [2.45, 2.75) is 52.5 Å². The second-order valence-corrected chi connectivity index (χ2v) is 7.28. The third kappa shape index (κ3) is 3.87. The fourth-order valence-corrected chi connectivity index (χ4v) is 3.38. The van der Waals surface area contributed by atoms with E-state index in [4.69, 9.17) is 5.73 Å². The molecule has 0 spiro atoms. The van der Waals surface area contributed by atoms with E-state index in [1.807, 2.05) is 0 Å². The smallest absolute Gasteiger partial charge is 0.251 e. The molecule has 3 N–H and O–H groups in total. The van der Waals surface area contributed by atoms with Gasteiger partial charge in [0.25, 0.3) is 5.91 Å². The second kappa shape index (κ2) is 6.51. The molecule has 0 aromatic heterocycles. The molecule has 0 saturated heterocycles. The summed E-state index contributed by atoms with van der Waals surface area (Å²) in [6.07, 6.45) is 4.60. The maximum atomic E-state index is 12.4. The Hall–Kier alpha value is -1.84. The number of carbonyl (C=O) groups is 2. The van der Waals surface area contributed by atoms with E-state index in [9.17, 15) is 9.59 Å². The molecule has 2 unspecified atom stereocenters. The predicted octanol–water partition coefficient (Wildman–Crippen LogP) is 3.12. The molecule has 1 aromatic rings. The molecule has 2 amide bonds. The van der Waals surface area contributed by atoms with Crippen molar-refractivity contribution in [3.05, 3.63) is 35.4 Å². The summed E-state index contributed by atoms with van der Waals surface area (Å²) >= 11 is 0. The minimum atomic E-state index is -0.480. The van der Waals surface area contributed by atoms with Gasteiger partial charge in [-0.3, -0.25) is 9.59 Å². The molecule has 0 radical (unpaired) electrons. The van der Waals surface area contributed by atoms with Crippen LogP contribution in [-0.2, 0) is 0 Å². The molecule has 1 aliphatic carbocycles. The van der Waals surface area contributed by atoms with Gasteiger partial charge in [0.1, 0.15) is 0 Å². The third-order valence-corrected chi connectivity index (χ3v) is 4.63. The van der Waals surface area contributed by atoms with Crippen molar-refractivity contribution < 1.29 is 9.59 Å². The molecule has 4 heteroatoms. The van der Waals surface area contributed by atoms with Gasteiger partial charge >= 0.3 is 0 Å². The molecule has 120 valence electrons. The molecule has 0 aliphatic heterocycles. The van der Waals surface area contributed by atoms with Gasteiger partial charge in [-0.15, -0.1) is 0 Å². The lowest BCUT2D eigenvalue weighted by atomic mass is 9.69. The van der Waals surface area contributed by atoms with Crippen molar-refractivity contribution in [2.75, 3.05) is 0 Å². The van der Waals surface area contributed by atoms with Gasteiger partial charge in [-0.1, -0.05) is 33.6 Å². The van der Waals surface area contributed by atoms with Crippen LogP contribution in [0.3, 0.4) is 0 Å². The Bertz CT molecular complexity index is 543. The second-order valence-electron chi connectivity index (χ2n) is 7.28. The Morgan fingerprint density at radius 2 is 1.59 bits per heavy atom. The first-order valence-electron chi connectivity index (χ1n) is 8.00. The Morgan fingerprint density at radius 1 is 1.05 bits per heavy atom. The number of hydrogen-bond donors (Lipinski definition) is 2. The molecular formula is C18H26N2O2. The Balaban J connectivity index is 2.08. The number of carbonyl (C=O) groups excluding carboxylic acids is 2. The predicted molar refractivity (Wildman–Crippen MR) is 87.6 cm³/mol. The van der Waals surface area contributed by atoms with Gasteiger partial charge in [0.15, 0.2) is 0 Å². The highest BCUT2D eigenvalue weighted by Crippen LogP contribution is 2.38. The molecule has 2 rings (SSSR count). The van der Waals surface area contributed by atoms with Crippen LogP contribution >= 0.6 is 0 Å². The SMILES string of the molecule is CC(C)(C)C1CCCCC1NC(=O)c1ccc(C(N)=O)cc1. The van der Waals surface area contributed by atoms with Crippen LogP contribution in [0.4, 0.5) is 0 Å². The van der Waals surface area contributed by atoms with Crippen LogP contribution in [-0.4, -0.2) is 17.9 Å². The van der Waals surface area contributed by atoms with E-state index in [1.165, 1.54) is 6.42 Å². The van der Waals surface area contributed by atoms with Gasteiger partial charge in [0.2, 0.25) is 5.91 Å². The summed E-state index contributed by atoms with van der Waals surface area (Å²) in [7, 11) is 0. The highest BCUT2D eigenvalue weighted by molar-refractivity contribution is 5.97. The van der Waals surface area contributed by atoms with Crippen molar-refractivity contribution in [3.63, 3.8) is 0 Å². The summed E-state index contributed by atoms with van der Waals surface area (Å²) in [6, 6.07) is 6.73. The molecule has 2 atom stereocenters. The fourth-order valence-electron chi connectivity index (χ4n) is 3.38. The van der Waals surface area contributed by atoms with E-state index in [1.54, 1.807) is 24.3 Å². The third-order valence-electron chi connectivity index (χ3n) is 4.63. The summed E-state index contributed by atoms with van der Waals surface area (Å²) in [5, 5.41) is 3.19. The molecule has 4 nitrogen and oxygen atoms in total. The summed E-state index contributed by atoms with van der Waals surface area (Å²) in [5.74, 6) is -0.0562. The highest BCUT2D eigenvalue weighted by atomic mass is 16.2. The van der Waals surface area contributed by atoms with E-state index in [2.05, 4.69) is 26.1 Å². The van der Waals surface area contributed by atoms with E-state index >= 15 is 0 Å². The van der Waals surface area contributed by atoms with Crippen molar-refractivity contribution in [3.8, 4) is 0 Å². The topological polar surface area (TPSA) is 72.2 Å². The lowest BCUT2D eigenvalue weighted by Crippen LogP contribution is -2.46. The quantitative estimate of drug-likeness (QED) is 0.900. The number of benzene rings is 1. The van der Waals surface area contributed by atoms with Gasteiger partial charge < -0.3 is 11.1 Å². The maximum absolute atomic E-state index is 12.4. The highest BCUT2D eigenvalue weighted by Gasteiger charge is 2.34. The molecule has 1 aromatic carbocycles. The first-order chi connectivity index (χ1) is 10.3. The molecule has 1 saturated carbocycles. The maximum Gasteiger partial charge on any atom is 0.251 e. The van der Waals surface area contributed by atoms with Gasteiger partial charge in [0, 0.05) is 17.2 Å². The van der Waals surface area contributed by atoms with Crippen molar-refractivity contribution in [1.29, 1.82) is 0 Å². The molecule has 0 heterocycles. The lowest BCUT2D eigenvalue weighted by molar-refractivity contribution is 0.0829. The van der Waals surface area contributed by atoms with E-state index in [0.29, 0.717) is 17.0 Å². The lowest BCUT2D eigenvalue weighted by Gasteiger charge is -2.40. The van der Waals surface area contributed by atoms with Crippen molar-refractivity contribution in [1.82, 2.24) is 5.32 Å². The standard InChI is InChI=1S/C18H26N2O2/c1-18(2,3)14-6-4-5-7-15(14)20-17(22)13-10-8-12(9-11-13)16(19)21/h8-11,14-15H,4-7H2,1-3H3,(H2,19,21)(H,20,22). The minimum Gasteiger partial charge on any atom is -0.366 e. The zero-order chi connectivity index (χ0) is 16.3. The monoisotopic (exact) mass is 302 g/mol. The number of nitrogens with one attached hydrogen (secondary N) is 1. The van der Waals surface area contributed by atoms with Crippen LogP contribution < -0.4 is 11.1 Å².